The van der Waals surface area contributed by atoms with Crippen molar-refractivity contribution in [2.75, 3.05) is 17.8 Å². The monoisotopic (exact) mass is 257 g/mol. The zero-order chi connectivity index (χ0) is 12.9. The summed E-state index contributed by atoms with van der Waals surface area (Å²) in [5.74, 6) is 0.253. The Labute approximate surface area is 103 Å². The van der Waals surface area contributed by atoms with Crippen LogP contribution in [0, 0.1) is 0 Å². The standard InChI is InChI=1S/C11H19N3O2S/c1-9(2)10-5-3-4-6-11(10)14-17(15,16)13-8-7-12/h3-6,9,13-14H,7-8,12H2,1-2H3. The van der Waals surface area contributed by atoms with Gasteiger partial charge in [-0.05, 0) is 17.5 Å². The van der Waals surface area contributed by atoms with Crippen molar-refractivity contribution in [2.24, 2.45) is 5.73 Å². The van der Waals surface area contributed by atoms with Gasteiger partial charge >= 0.3 is 0 Å². The molecule has 0 saturated heterocycles. The normalized spacial score (nSPS) is 11.8. The van der Waals surface area contributed by atoms with Crippen LogP contribution in [0.15, 0.2) is 24.3 Å². The van der Waals surface area contributed by atoms with Crippen LogP contribution in [0.25, 0.3) is 0 Å². The highest BCUT2D eigenvalue weighted by atomic mass is 32.2. The van der Waals surface area contributed by atoms with Crippen molar-refractivity contribution in [3.05, 3.63) is 29.8 Å². The van der Waals surface area contributed by atoms with E-state index >= 15 is 0 Å². The summed E-state index contributed by atoms with van der Waals surface area (Å²) in [7, 11) is -3.53. The zero-order valence-corrected chi connectivity index (χ0v) is 10.9. The average molecular weight is 257 g/mol. The van der Waals surface area contributed by atoms with Crippen molar-refractivity contribution < 1.29 is 8.42 Å². The molecule has 4 N–H and O–H groups in total. The molecule has 0 atom stereocenters. The predicted molar refractivity (Wildman–Crippen MR) is 70.1 cm³/mol. The Morgan fingerprint density at radius 1 is 1.29 bits per heavy atom. The van der Waals surface area contributed by atoms with E-state index in [0.29, 0.717) is 5.69 Å². The Bertz CT molecular complexity index is 458. The van der Waals surface area contributed by atoms with Crippen LogP contribution in [0.2, 0.25) is 0 Å². The summed E-state index contributed by atoms with van der Waals surface area (Å²) in [4.78, 5) is 0. The fraction of sp³-hybridized carbons (Fsp3) is 0.455. The van der Waals surface area contributed by atoms with Crippen molar-refractivity contribution in [2.45, 2.75) is 19.8 Å². The van der Waals surface area contributed by atoms with E-state index in [1.807, 2.05) is 26.0 Å². The van der Waals surface area contributed by atoms with E-state index in [9.17, 15) is 8.42 Å². The molecule has 1 aromatic carbocycles. The van der Waals surface area contributed by atoms with Gasteiger partial charge in [-0.2, -0.15) is 13.1 Å². The van der Waals surface area contributed by atoms with Crippen LogP contribution in [0.1, 0.15) is 25.3 Å². The minimum atomic E-state index is -3.53. The van der Waals surface area contributed by atoms with Crippen LogP contribution >= 0.6 is 0 Å². The lowest BCUT2D eigenvalue weighted by atomic mass is 10.0. The first-order valence-electron chi connectivity index (χ1n) is 5.52. The molecule has 0 amide bonds. The van der Waals surface area contributed by atoms with Gasteiger partial charge in [-0.1, -0.05) is 32.0 Å². The summed E-state index contributed by atoms with van der Waals surface area (Å²) in [5, 5.41) is 0. The zero-order valence-electron chi connectivity index (χ0n) is 10.1. The Balaban J connectivity index is 2.88. The van der Waals surface area contributed by atoms with Crippen LogP contribution < -0.4 is 15.2 Å². The molecule has 0 bridgehead atoms. The summed E-state index contributed by atoms with van der Waals surface area (Å²) in [5.41, 5.74) is 6.82. The fourth-order valence-corrected chi connectivity index (χ4v) is 2.40. The lowest BCUT2D eigenvalue weighted by molar-refractivity contribution is 0.587. The van der Waals surface area contributed by atoms with E-state index < -0.39 is 10.2 Å². The molecule has 0 aliphatic carbocycles. The molecule has 1 rings (SSSR count). The summed E-state index contributed by atoms with van der Waals surface area (Å²) < 4.78 is 28.2. The molecule has 6 heteroatoms. The number of hydrogen-bond donors (Lipinski definition) is 3. The predicted octanol–water partition coefficient (Wildman–Crippen LogP) is 1.01. The Kier molecular flexibility index (Phi) is 4.92. The van der Waals surface area contributed by atoms with E-state index in [0.717, 1.165) is 5.56 Å². The first-order chi connectivity index (χ1) is 7.96. The quantitative estimate of drug-likeness (QED) is 0.711. The van der Waals surface area contributed by atoms with Gasteiger partial charge in [0.1, 0.15) is 0 Å². The van der Waals surface area contributed by atoms with Gasteiger partial charge in [-0.15, -0.1) is 0 Å². The maximum absolute atomic E-state index is 11.7. The second kappa shape index (κ2) is 6.00. The smallest absolute Gasteiger partial charge is 0.299 e. The average Bonchev–Trinajstić information content (AvgIpc) is 2.26. The number of benzene rings is 1. The third kappa shape index (κ3) is 4.33. The molecular formula is C11H19N3O2S. The number of rotatable bonds is 6. The van der Waals surface area contributed by atoms with Gasteiger partial charge in [0.15, 0.2) is 0 Å². The molecule has 5 nitrogen and oxygen atoms in total. The van der Waals surface area contributed by atoms with Crippen LogP contribution in [0.3, 0.4) is 0 Å². The fourth-order valence-electron chi connectivity index (χ4n) is 1.47. The first kappa shape index (κ1) is 14.0. The van der Waals surface area contributed by atoms with Gasteiger partial charge in [0.25, 0.3) is 10.2 Å². The van der Waals surface area contributed by atoms with Crippen LogP contribution in [0.4, 0.5) is 5.69 Å². The molecule has 0 aliphatic rings. The molecule has 0 unspecified atom stereocenters. The molecule has 1 aromatic rings. The minimum absolute atomic E-state index is 0.221. The van der Waals surface area contributed by atoms with E-state index in [2.05, 4.69) is 9.44 Å². The van der Waals surface area contributed by atoms with Gasteiger partial charge < -0.3 is 5.73 Å². The molecule has 0 aromatic heterocycles. The van der Waals surface area contributed by atoms with Gasteiger partial charge in [0.2, 0.25) is 0 Å². The maximum Gasteiger partial charge on any atom is 0.299 e. The molecule has 0 heterocycles. The third-order valence-electron chi connectivity index (χ3n) is 2.26. The molecular weight excluding hydrogens is 238 g/mol. The first-order valence-corrected chi connectivity index (χ1v) is 7.01. The highest BCUT2D eigenvalue weighted by Gasteiger charge is 2.12. The van der Waals surface area contributed by atoms with Crippen molar-refractivity contribution in [3.63, 3.8) is 0 Å². The summed E-state index contributed by atoms with van der Waals surface area (Å²) in [6.07, 6.45) is 0. The molecule has 17 heavy (non-hydrogen) atoms. The van der Waals surface area contributed by atoms with Crippen molar-refractivity contribution in [1.29, 1.82) is 0 Å². The topological polar surface area (TPSA) is 84.2 Å². The largest absolute Gasteiger partial charge is 0.329 e. The second-order valence-corrected chi connectivity index (χ2v) is 5.53. The number of hydrogen-bond acceptors (Lipinski definition) is 3. The van der Waals surface area contributed by atoms with E-state index in [-0.39, 0.29) is 19.0 Å². The summed E-state index contributed by atoms with van der Waals surface area (Å²) >= 11 is 0. The van der Waals surface area contributed by atoms with Gasteiger partial charge in [-0.3, -0.25) is 4.72 Å². The molecule has 0 aliphatic heterocycles. The highest BCUT2D eigenvalue weighted by Crippen LogP contribution is 2.24. The Morgan fingerprint density at radius 3 is 2.53 bits per heavy atom. The number of nitrogens with two attached hydrogens (primary N) is 1. The van der Waals surface area contributed by atoms with E-state index in [1.54, 1.807) is 12.1 Å². The van der Waals surface area contributed by atoms with Crippen LogP contribution in [0.5, 0.6) is 0 Å². The van der Waals surface area contributed by atoms with E-state index in [4.69, 9.17) is 5.73 Å². The van der Waals surface area contributed by atoms with E-state index in [1.165, 1.54) is 0 Å². The number of anilines is 1. The molecule has 0 saturated carbocycles. The van der Waals surface area contributed by atoms with Crippen LogP contribution in [-0.4, -0.2) is 21.5 Å². The van der Waals surface area contributed by atoms with Crippen molar-refractivity contribution in [3.8, 4) is 0 Å². The molecule has 0 radical (unpaired) electrons. The lowest BCUT2D eigenvalue weighted by Crippen LogP contribution is -2.34. The van der Waals surface area contributed by atoms with Gasteiger partial charge in [0, 0.05) is 13.1 Å². The Morgan fingerprint density at radius 2 is 1.94 bits per heavy atom. The SMILES string of the molecule is CC(C)c1ccccc1NS(=O)(=O)NCCN. The van der Waals surface area contributed by atoms with Crippen LogP contribution in [-0.2, 0) is 10.2 Å². The number of nitrogens with one attached hydrogen (secondary N) is 2. The molecule has 96 valence electrons. The summed E-state index contributed by atoms with van der Waals surface area (Å²) in [6.45, 7) is 4.52. The molecule has 0 fully saturated rings. The third-order valence-corrected chi connectivity index (χ3v) is 3.34. The van der Waals surface area contributed by atoms with Gasteiger partial charge in [0.05, 0.1) is 5.69 Å². The summed E-state index contributed by atoms with van der Waals surface area (Å²) in [6, 6.07) is 7.34. The molecule has 0 spiro atoms. The lowest BCUT2D eigenvalue weighted by Gasteiger charge is -2.14. The highest BCUT2D eigenvalue weighted by molar-refractivity contribution is 7.90. The van der Waals surface area contributed by atoms with Crippen molar-refractivity contribution >= 4 is 15.9 Å². The van der Waals surface area contributed by atoms with Crippen molar-refractivity contribution in [1.82, 2.24) is 4.72 Å². The minimum Gasteiger partial charge on any atom is -0.329 e. The van der Waals surface area contributed by atoms with Gasteiger partial charge in [-0.25, -0.2) is 0 Å². The number of para-hydroxylation sites is 1. The maximum atomic E-state index is 11.7. The second-order valence-electron chi connectivity index (χ2n) is 4.03. The Hall–Kier alpha value is -1.11.